The van der Waals surface area contributed by atoms with Gasteiger partial charge in [0.1, 0.15) is 5.78 Å². The van der Waals surface area contributed by atoms with E-state index in [2.05, 4.69) is 6.92 Å². The van der Waals surface area contributed by atoms with Crippen molar-refractivity contribution in [3.8, 4) is 0 Å². The molecule has 1 aromatic carbocycles. The molecule has 0 radical (unpaired) electrons. The van der Waals surface area contributed by atoms with Gasteiger partial charge in [0.25, 0.3) is 0 Å². The molecule has 18 heavy (non-hydrogen) atoms. The number of rotatable bonds is 4. The minimum atomic E-state index is -0.106. The van der Waals surface area contributed by atoms with Crippen LogP contribution in [0.15, 0.2) is 18.2 Å². The molecule has 0 amide bonds. The van der Waals surface area contributed by atoms with Crippen molar-refractivity contribution in [1.82, 2.24) is 0 Å². The molecule has 0 N–H and O–H groups in total. The maximum absolute atomic E-state index is 12.5. The number of Topliss-reactive ketones (excluding diaryl/α,β-unsaturated/α-hetero) is 1. The van der Waals surface area contributed by atoms with Crippen molar-refractivity contribution in [2.45, 2.75) is 45.4 Å². The summed E-state index contributed by atoms with van der Waals surface area (Å²) in [5.74, 6) is 0.326. The SMILES string of the molecule is CCC1(C(=O)Cc2cc(Cl)ccc2Cl)CCCC1. The average molecular weight is 285 g/mol. The second-order valence-corrected chi connectivity index (χ2v) is 6.02. The van der Waals surface area contributed by atoms with Gasteiger partial charge in [-0.3, -0.25) is 4.79 Å². The van der Waals surface area contributed by atoms with E-state index in [4.69, 9.17) is 23.2 Å². The molecule has 1 nitrogen and oxygen atoms in total. The molecule has 0 unspecified atom stereocenters. The molecule has 0 bridgehead atoms. The summed E-state index contributed by atoms with van der Waals surface area (Å²) >= 11 is 12.1. The minimum Gasteiger partial charge on any atom is -0.299 e. The van der Waals surface area contributed by atoms with Crippen molar-refractivity contribution < 1.29 is 4.79 Å². The van der Waals surface area contributed by atoms with Crippen LogP contribution in [0.25, 0.3) is 0 Å². The number of hydrogen-bond acceptors (Lipinski definition) is 1. The van der Waals surface area contributed by atoms with Crippen LogP contribution in [0.1, 0.15) is 44.6 Å². The number of carbonyl (C=O) groups excluding carboxylic acids is 1. The highest BCUT2D eigenvalue weighted by molar-refractivity contribution is 6.33. The minimum absolute atomic E-state index is 0.106. The van der Waals surface area contributed by atoms with Gasteiger partial charge in [-0.2, -0.15) is 0 Å². The lowest BCUT2D eigenvalue weighted by molar-refractivity contribution is -0.128. The van der Waals surface area contributed by atoms with E-state index < -0.39 is 0 Å². The number of ketones is 1. The molecule has 0 spiro atoms. The largest absolute Gasteiger partial charge is 0.299 e. The van der Waals surface area contributed by atoms with Crippen molar-refractivity contribution in [3.05, 3.63) is 33.8 Å². The molecule has 98 valence electrons. The maximum atomic E-state index is 12.5. The molecule has 3 heteroatoms. The van der Waals surface area contributed by atoms with Gasteiger partial charge in [-0.15, -0.1) is 0 Å². The third-order valence-electron chi connectivity index (χ3n) is 4.19. The molecular formula is C15H18Cl2O. The van der Waals surface area contributed by atoms with Gasteiger partial charge in [0, 0.05) is 21.9 Å². The Morgan fingerprint density at radius 3 is 2.56 bits per heavy atom. The van der Waals surface area contributed by atoms with E-state index in [1.54, 1.807) is 18.2 Å². The maximum Gasteiger partial charge on any atom is 0.143 e. The summed E-state index contributed by atoms with van der Waals surface area (Å²) in [4.78, 5) is 12.5. The van der Waals surface area contributed by atoms with E-state index in [0.717, 1.165) is 24.8 Å². The highest BCUT2D eigenvalue weighted by Gasteiger charge is 2.38. The molecule has 1 aliphatic rings. The molecule has 1 fully saturated rings. The monoisotopic (exact) mass is 284 g/mol. The van der Waals surface area contributed by atoms with Gasteiger partial charge in [0.05, 0.1) is 0 Å². The Kier molecular flexibility index (Phi) is 4.34. The topological polar surface area (TPSA) is 17.1 Å². The second kappa shape index (κ2) is 5.63. The van der Waals surface area contributed by atoms with Crippen molar-refractivity contribution in [3.63, 3.8) is 0 Å². The predicted molar refractivity (Wildman–Crippen MR) is 76.4 cm³/mol. The van der Waals surface area contributed by atoms with Crippen LogP contribution in [0.2, 0.25) is 10.0 Å². The Labute approximate surface area is 118 Å². The van der Waals surface area contributed by atoms with Gasteiger partial charge in [-0.1, -0.05) is 43.0 Å². The molecular weight excluding hydrogens is 267 g/mol. The number of halogens is 2. The molecule has 0 heterocycles. The van der Waals surface area contributed by atoms with E-state index in [0.29, 0.717) is 22.2 Å². The van der Waals surface area contributed by atoms with E-state index in [9.17, 15) is 4.79 Å². The first-order valence-corrected chi connectivity index (χ1v) is 7.30. The summed E-state index contributed by atoms with van der Waals surface area (Å²) in [5.41, 5.74) is 0.750. The van der Waals surface area contributed by atoms with E-state index >= 15 is 0 Å². The Balaban J connectivity index is 2.18. The summed E-state index contributed by atoms with van der Waals surface area (Å²) in [6.45, 7) is 2.11. The van der Waals surface area contributed by atoms with Crippen molar-refractivity contribution in [2.75, 3.05) is 0 Å². The molecule has 1 aromatic rings. The lowest BCUT2D eigenvalue weighted by Crippen LogP contribution is -2.28. The van der Waals surface area contributed by atoms with E-state index in [1.165, 1.54) is 12.8 Å². The first-order chi connectivity index (χ1) is 8.57. The van der Waals surface area contributed by atoms with Crippen LogP contribution in [0, 0.1) is 5.41 Å². The third-order valence-corrected chi connectivity index (χ3v) is 4.79. The van der Waals surface area contributed by atoms with Gasteiger partial charge in [0.15, 0.2) is 0 Å². The molecule has 0 aliphatic heterocycles. The fourth-order valence-electron chi connectivity index (χ4n) is 2.92. The number of hydrogen-bond donors (Lipinski definition) is 0. The van der Waals surface area contributed by atoms with Crippen LogP contribution in [0.5, 0.6) is 0 Å². The predicted octanol–water partition coefficient (Wildman–Crippen LogP) is 5.08. The molecule has 1 aliphatic carbocycles. The zero-order valence-corrected chi connectivity index (χ0v) is 12.2. The third kappa shape index (κ3) is 2.73. The fourth-order valence-corrected chi connectivity index (χ4v) is 3.30. The van der Waals surface area contributed by atoms with Gasteiger partial charge in [-0.05, 0) is 43.0 Å². The lowest BCUT2D eigenvalue weighted by atomic mass is 9.77. The standard InChI is InChI=1S/C15H18Cl2O/c1-2-15(7-3-4-8-15)14(18)10-11-9-12(16)5-6-13(11)17/h5-6,9H,2-4,7-8,10H2,1H3. The summed E-state index contributed by atoms with van der Waals surface area (Å²) in [5, 5.41) is 1.27. The van der Waals surface area contributed by atoms with Crippen molar-refractivity contribution in [2.24, 2.45) is 5.41 Å². The first-order valence-electron chi connectivity index (χ1n) is 6.54. The number of benzene rings is 1. The van der Waals surface area contributed by atoms with Crippen LogP contribution in [-0.4, -0.2) is 5.78 Å². The summed E-state index contributed by atoms with van der Waals surface area (Å²) < 4.78 is 0. The van der Waals surface area contributed by atoms with Crippen LogP contribution >= 0.6 is 23.2 Å². The zero-order chi connectivity index (χ0) is 13.2. The quantitative estimate of drug-likeness (QED) is 0.754. The summed E-state index contributed by atoms with van der Waals surface area (Å²) in [6, 6.07) is 5.32. The van der Waals surface area contributed by atoms with E-state index in [1.807, 2.05) is 0 Å². The molecule has 0 atom stereocenters. The highest BCUT2D eigenvalue weighted by Crippen LogP contribution is 2.42. The van der Waals surface area contributed by atoms with Gasteiger partial charge in [0.2, 0.25) is 0 Å². The molecule has 1 saturated carbocycles. The molecule has 0 aromatic heterocycles. The van der Waals surface area contributed by atoms with Crippen molar-refractivity contribution >= 4 is 29.0 Å². The molecule has 0 saturated heterocycles. The smallest absolute Gasteiger partial charge is 0.143 e. The van der Waals surface area contributed by atoms with E-state index in [-0.39, 0.29) is 5.41 Å². The van der Waals surface area contributed by atoms with Crippen LogP contribution in [0.4, 0.5) is 0 Å². The highest BCUT2D eigenvalue weighted by atomic mass is 35.5. The number of carbonyl (C=O) groups is 1. The average Bonchev–Trinajstić information content (AvgIpc) is 2.84. The Hall–Kier alpha value is -0.530. The van der Waals surface area contributed by atoms with Crippen LogP contribution in [0.3, 0.4) is 0 Å². The van der Waals surface area contributed by atoms with Gasteiger partial charge in [-0.25, -0.2) is 0 Å². The van der Waals surface area contributed by atoms with Crippen LogP contribution < -0.4 is 0 Å². The Morgan fingerprint density at radius 2 is 1.94 bits per heavy atom. The van der Waals surface area contributed by atoms with Gasteiger partial charge < -0.3 is 0 Å². The summed E-state index contributed by atoms with van der Waals surface area (Å²) in [6.07, 6.45) is 5.74. The Morgan fingerprint density at radius 1 is 1.28 bits per heavy atom. The summed E-state index contributed by atoms with van der Waals surface area (Å²) in [7, 11) is 0. The molecule has 2 rings (SSSR count). The zero-order valence-electron chi connectivity index (χ0n) is 10.6. The van der Waals surface area contributed by atoms with Crippen LogP contribution in [-0.2, 0) is 11.2 Å². The first kappa shape index (κ1) is 13.9. The second-order valence-electron chi connectivity index (χ2n) is 5.18. The Bertz CT molecular complexity index is 448. The lowest BCUT2D eigenvalue weighted by Gasteiger charge is -2.25. The fraction of sp³-hybridized carbons (Fsp3) is 0.533. The van der Waals surface area contributed by atoms with Crippen molar-refractivity contribution in [1.29, 1.82) is 0 Å². The van der Waals surface area contributed by atoms with Gasteiger partial charge >= 0.3 is 0 Å². The normalized spacial score (nSPS) is 17.9.